The molecule has 5 nitrogen and oxygen atoms in total. The van der Waals surface area contributed by atoms with Gasteiger partial charge in [-0.15, -0.1) is 0 Å². The molecular weight excluding hydrogens is 472 g/mol. The zero-order chi connectivity index (χ0) is 25.6. The third-order valence-corrected chi connectivity index (χ3v) is 7.98. The first-order chi connectivity index (χ1) is 18.7. The van der Waals surface area contributed by atoms with E-state index in [1.54, 1.807) is 0 Å². The van der Waals surface area contributed by atoms with Crippen LogP contribution in [0.3, 0.4) is 0 Å². The zero-order valence-electron chi connectivity index (χ0n) is 21.2. The van der Waals surface area contributed by atoms with Crippen LogP contribution in [-0.2, 0) is 31.0 Å². The molecule has 2 aromatic heterocycles. The number of aryl methyl sites for hydroxylation is 2. The van der Waals surface area contributed by atoms with Crippen LogP contribution in [0.4, 0.5) is 0 Å². The molecule has 4 aliphatic heterocycles. The third-order valence-electron chi connectivity index (χ3n) is 7.98. The van der Waals surface area contributed by atoms with Crippen LogP contribution in [0.15, 0.2) is 72.8 Å². The van der Waals surface area contributed by atoms with Gasteiger partial charge in [-0.3, -0.25) is 9.59 Å². The lowest BCUT2D eigenvalue weighted by molar-refractivity contribution is 0.107. The Morgan fingerprint density at radius 3 is 1.39 bits per heavy atom. The molecule has 6 aromatic rings. The Bertz CT molecular complexity index is 1740. The minimum atomic E-state index is 0.505. The maximum Gasteiger partial charge on any atom is 0.150 e. The molecule has 5 heteroatoms. The highest BCUT2D eigenvalue weighted by atomic mass is 16.5. The minimum absolute atomic E-state index is 0.505. The fourth-order valence-corrected chi connectivity index (χ4v) is 6.15. The van der Waals surface area contributed by atoms with Crippen molar-refractivity contribution in [2.45, 2.75) is 45.6 Å². The third kappa shape index (κ3) is 3.74. The molecule has 0 spiro atoms. The normalized spacial score (nSPS) is 14.7. The van der Waals surface area contributed by atoms with Crippen molar-refractivity contribution in [3.8, 4) is 0 Å². The van der Waals surface area contributed by atoms with Crippen molar-refractivity contribution in [3.05, 3.63) is 95.1 Å². The van der Waals surface area contributed by atoms with Crippen LogP contribution < -0.4 is 0 Å². The molecule has 10 rings (SSSR count). The zero-order valence-corrected chi connectivity index (χ0v) is 21.2. The Morgan fingerprint density at radius 1 is 0.526 bits per heavy atom. The molecule has 0 saturated heterocycles. The summed E-state index contributed by atoms with van der Waals surface area (Å²) in [5.74, 6) is 0. The number of carbonyl (C=O) groups excluding carboxylic acids is 2. The Kier molecular flexibility index (Phi) is 5.59. The number of benzene rings is 4. The molecule has 4 aromatic carbocycles. The predicted octanol–water partition coefficient (Wildman–Crippen LogP) is 7.43. The first-order valence-electron chi connectivity index (χ1n) is 13.3. The van der Waals surface area contributed by atoms with Crippen molar-refractivity contribution >= 4 is 56.2 Å². The number of aldehydes is 2. The lowest BCUT2D eigenvalue weighted by atomic mass is 10.1. The highest BCUT2D eigenvalue weighted by molar-refractivity contribution is 6.10. The van der Waals surface area contributed by atoms with E-state index in [1.165, 1.54) is 32.8 Å². The highest BCUT2D eigenvalue weighted by Gasteiger charge is 2.15. The SMILES string of the molecule is O=Cc1ccc2c(c1)c1cc3ccc1n2CCCCCn1c2ccc(C=O)cc2c2cc(ccc21)COC3. The molecule has 0 unspecified atom stereocenters. The van der Waals surface area contributed by atoms with Crippen molar-refractivity contribution in [2.75, 3.05) is 0 Å². The fraction of sp³-hybridized carbons (Fsp3) is 0.212. The first kappa shape index (κ1) is 22.9. The van der Waals surface area contributed by atoms with Crippen LogP contribution in [0, 0.1) is 0 Å². The lowest BCUT2D eigenvalue weighted by Crippen LogP contribution is -2.01. The van der Waals surface area contributed by atoms with Gasteiger partial charge in [0, 0.05) is 67.8 Å². The second kappa shape index (κ2) is 9.26. The van der Waals surface area contributed by atoms with Gasteiger partial charge in [-0.1, -0.05) is 12.1 Å². The van der Waals surface area contributed by atoms with Crippen molar-refractivity contribution < 1.29 is 14.3 Å². The van der Waals surface area contributed by atoms with E-state index in [4.69, 9.17) is 4.74 Å². The van der Waals surface area contributed by atoms with Crippen molar-refractivity contribution in [1.29, 1.82) is 0 Å². The Hall–Kier alpha value is -4.22. The molecule has 0 radical (unpaired) electrons. The van der Waals surface area contributed by atoms with E-state index in [-0.39, 0.29) is 0 Å². The summed E-state index contributed by atoms with van der Waals surface area (Å²) in [5.41, 5.74) is 8.37. The van der Waals surface area contributed by atoms with Gasteiger partial charge in [0.05, 0.1) is 13.2 Å². The predicted molar refractivity (Wildman–Crippen MR) is 152 cm³/mol. The second-order valence-corrected chi connectivity index (χ2v) is 10.3. The van der Waals surface area contributed by atoms with E-state index in [0.717, 1.165) is 66.8 Å². The molecule has 38 heavy (non-hydrogen) atoms. The summed E-state index contributed by atoms with van der Waals surface area (Å²) in [6, 6.07) is 25.1. The molecule has 4 aliphatic rings. The molecule has 0 amide bonds. The van der Waals surface area contributed by atoms with Gasteiger partial charge in [0.2, 0.25) is 0 Å². The number of carbonyl (C=O) groups is 2. The van der Waals surface area contributed by atoms with E-state index >= 15 is 0 Å². The minimum Gasteiger partial charge on any atom is -0.372 e. The van der Waals surface area contributed by atoms with Gasteiger partial charge in [-0.2, -0.15) is 0 Å². The summed E-state index contributed by atoms with van der Waals surface area (Å²) < 4.78 is 11.0. The summed E-state index contributed by atoms with van der Waals surface area (Å²) in [4.78, 5) is 23.0. The molecule has 8 bridgehead atoms. The monoisotopic (exact) mass is 500 g/mol. The smallest absolute Gasteiger partial charge is 0.150 e. The molecule has 0 saturated carbocycles. The molecule has 0 fully saturated rings. The van der Waals surface area contributed by atoms with Crippen molar-refractivity contribution in [3.63, 3.8) is 0 Å². The average Bonchev–Trinajstić information content (AvgIpc) is 3.43. The van der Waals surface area contributed by atoms with E-state index in [1.807, 2.05) is 24.3 Å². The largest absolute Gasteiger partial charge is 0.372 e. The first-order valence-corrected chi connectivity index (χ1v) is 13.3. The summed E-state index contributed by atoms with van der Waals surface area (Å²) in [6.07, 6.45) is 5.07. The number of ether oxygens (including phenoxy) is 1. The average molecular weight is 501 g/mol. The van der Waals surface area contributed by atoms with Crippen molar-refractivity contribution in [2.24, 2.45) is 0 Å². The number of nitrogens with zero attached hydrogens (tertiary/aromatic N) is 2. The quantitative estimate of drug-likeness (QED) is 0.232. The summed E-state index contributed by atoms with van der Waals surface area (Å²) in [6.45, 7) is 2.86. The van der Waals surface area contributed by atoms with E-state index < -0.39 is 0 Å². The van der Waals surface area contributed by atoms with Gasteiger partial charge in [0.25, 0.3) is 0 Å². The summed E-state index contributed by atoms with van der Waals surface area (Å²) in [5, 5.41) is 4.58. The maximum absolute atomic E-state index is 11.5. The van der Waals surface area contributed by atoms with Gasteiger partial charge >= 0.3 is 0 Å². The number of fused-ring (bicyclic) bond motifs is 2. The topological polar surface area (TPSA) is 53.2 Å². The molecule has 0 N–H and O–H groups in total. The molecule has 0 atom stereocenters. The summed E-state index contributed by atoms with van der Waals surface area (Å²) in [7, 11) is 0. The Balaban J connectivity index is 1.32. The van der Waals surface area contributed by atoms with Gasteiger partial charge in [-0.05, 0) is 91.1 Å². The van der Waals surface area contributed by atoms with Crippen LogP contribution in [0.2, 0.25) is 0 Å². The van der Waals surface area contributed by atoms with Crippen LogP contribution >= 0.6 is 0 Å². The lowest BCUT2D eigenvalue weighted by Gasteiger charge is -2.11. The van der Waals surface area contributed by atoms with E-state index in [0.29, 0.717) is 24.3 Å². The second-order valence-electron chi connectivity index (χ2n) is 10.3. The van der Waals surface area contributed by atoms with Gasteiger partial charge in [0.15, 0.2) is 0 Å². The standard InChI is InChI=1S/C33H28N2O3/c36-18-22-4-8-30-26(14-22)28-16-24-6-10-32(28)34(30)12-2-1-3-13-35-31-9-5-23(19-37)15-27(31)29-17-25(21-38-20-24)7-11-33(29)35/h4-11,14-19H,1-3,12-13,20-21H2. The van der Waals surface area contributed by atoms with Crippen molar-refractivity contribution in [1.82, 2.24) is 9.13 Å². The number of aromatic nitrogens is 2. The molecule has 6 heterocycles. The highest BCUT2D eigenvalue weighted by Crippen LogP contribution is 2.33. The Morgan fingerprint density at radius 2 is 0.947 bits per heavy atom. The molecule has 0 aliphatic carbocycles. The van der Waals surface area contributed by atoms with E-state index in [9.17, 15) is 9.59 Å². The summed E-state index contributed by atoms with van der Waals surface area (Å²) >= 11 is 0. The van der Waals surface area contributed by atoms with Crippen LogP contribution in [0.5, 0.6) is 0 Å². The number of hydrogen-bond acceptors (Lipinski definition) is 3. The van der Waals surface area contributed by atoms with Crippen LogP contribution in [0.1, 0.15) is 51.1 Å². The Labute approximate surface area is 220 Å². The molecule has 188 valence electrons. The van der Waals surface area contributed by atoms with E-state index in [2.05, 4.69) is 57.7 Å². The van der Waals surface area contributed by atoms with Gasteiger partial charge in [-0.25, -0.2) is 0 Å². The van der Waals surface area contributed by atoms with Gasteiger partial charge < -0.3 is 13.9 Å². The van der Waals surface area contributed by atoms with Crippen LogP contribution in [0.25, 0.3) is 43.6 Å². The fourth-order valence-electron chi connectivity index (χ4n) is 6.15. The maximum atomic E-state index is 11.5. The number of hydrogen-bond donors (Lipinski definition) is 0. The number of rotatable bonds is 2. The van der Waals surface area contributed by atoms with Gasteiger partial charge in [0.1, 0.15) is 12.6 Å². The van der Waals surface area contributed by atoms with Crippen LogP contribution in [-0.4, -0.2) is 21.7 Å². The molecular formula is C33H28N2O3.